The zero-order valence-electron chi connectivity index (χ0n) is 20.9. The molecule has 2 heterocycles. The van der Waals surface area contributed by atoms with Crippen LogP contribution in [-0.2, 0) is 29.1 Å². The molecular formula is C30H34N4O2. The van der Waals surface area contributed by atoms with Gasteiger partial charge in [-0.15, -0.1) is 0 Å². The fourth-order valence-corrected chi connectivity index (χ4v) is 5.26. The van der Waals surface area contributed by atoms with E-state index < -0.39 is 0 Å². The van der Waals surface area contributed by atoms with Gasteiger partial charge in [-0.2, -0.15) is 0 Å². The van der Waals surface area contributed by atoms with Crippen LogP contribution in [0.25, 0.3) is 0 Å². The van der Waals surface area contributed by atoms with Crippen LogP contribution in [-0.4, -0.2) is 65.9 Å². The Morgan fingerprint density at radius 2 is 1.53 bits per heavy atom. The van der Waals surface area contributed by atoms with E-state index in [-0.39, 0.29) is 12.1 Å². The maximum atomic E-state index is 13.7. The van der Waals surface area contributed by atoms with E-state index in [1.165, 1.54) is 11.1 Å². The number of carbonyl (C=O) groups excluding carboxylic acids is 2. The first-order chi connectivity index (χ1) is 17.6. The zero-order valence-corrected chi connectivity index (χ0v) is 20.9. The van der Waals surface area contributed by atoms with Crippen LogP contribution in [0.1, 0.15) is 22.3 Å². The predicted molar refractivity (Wildman–Crippen MR) is 142 cm³/mol. The lowest BCUT2D eigenvalue weighted by Crippen LogP contribution is -2.54. The van der Waals surface area contributed by atoms with Crippen LogP contribution in [0.5, 0.6) is 0 Å². The van der Waals surface area contributed by atoms with Gasteiger partial charge in [-0.05, 0) is 29.7 Å². The summed E-state index contributed by atoms with van der Waals surface area (Å²) in [4.78, 5) is 34.2. The summed E-state index contributed by atoms with van der Waals surface area (Å²) in [6, 6.07) is 26.7. The van der Waals surface area contributed by atoms with E-state index in [0.29, 0.717) is 19.5 Å². The average molecular weight is 483 g/mol. The number of amides is 2. The molecule has 2 amide bonds. The molecule has 0 aromatic heterocycles. The van der Waals surface area contributed by atoms with Crippen LogP contribution in [0.15, 0.2) is 78.9 Å². The molecule has 1 saturated heterocycles. The second-order valence-corrected chi connectivity index (χ2v) is 9.88. The third kappa shape index (κ3) is 5.50. The van der Waals surface area contributed by atoms with Crippen molar-refractivity contribution >= 4 is 18.0 Å². The highest BCUT2D eigenvalue weighted by Gasteiger charge is 2.37. The zero-order chi connectivity index (χ0) is 24.9. The Bertz CT molecular complexity index is 1170. The normalized spacial score (nSPS) is 18.1. The van der Waals surface area contributed by atoms with Gasteiger partial charge in [0.25, 0.3) is 0 Å². The van der Waals surface area contributed by atoms with Gasteiger partial charge in [0, 0.05) is 51.4 Å². The van der Waals surface area contributed by atoms with Gasteiger partial charge in [0.15, 0.2) is 0 Å². The van der Waals surface area contributed by atoms with E-state index in [9.17, 15) is 9.59 Å². The number of aryl methyl sites for hydroxylation is 1. The van der Waals surface area contributed by atoms with Gasteiger partial charge in [-0.25, -0.2) is 0 Å². The number of carbonyl (C=O) groups is 2. The van der Waals surface area contributed by atoms with Crippen molar-refractivity contribution in [3.8, 4) is 0 Å². The Morgan fingerprint density at radius 1 is 0.861 bits per heavy atom. The van der Waals surface area contributed by atoms with Crippen LogP contribution in [0.3, 0.4) is 0 Å². The van der Waals surface area contributed by atoms with Crippen molar-refractivity contribution in [1.82, 2.24) is 14.7 Å². The minimum Gasteiger partial charge on any atom is -0.320 e. The number of hydrogen-bond donors (Lipinski definition) is 0. The molecule has 36 heavy (non-hydrogen) atoms. The van der Waals surface area contributed by atoms with Crippen molar-refractivity contribution in [3.05, 3.63) is 101 Å². The molecule has 0 bridgehead atoms. The Morgan fingerprint density at radius 3 is 2.25 bits per heavy atom. The molecule has 0 saturated carbocycles. The van der Waals surface area contributed by atoms with Crippen LogP contribution >= 0.6 is 0 Å². The summed E-state index contributed by atoms with van der Waals surface area (Å²) in [7, 11) is 0. The molecule has 1 fully saturated rings. The largest absolute Gasteiger partial charge is 0.320 e. The molecule has 1 atom stereocenters. The van der Waals surface area contributed by atoms with Crippen molar-refractivity contribution in [2.24, 2.45) is 0 Å². The molecule has 3 aromatic rings. The molecule has 6 nitrogen and oxygen atoms in total. The first kappa shape index (κ1) is 24.2. The van der Waals surface area contributed by atoms with Crippen molar-refractivity contribution in [2.45, 2.75) is 32.6 Å². The summed E-state index contributed by atoms with van der Waals surface area (Å²) >= 11 is 0. The van der Waals surface area contributed by atoms with Crippen LogP contribution in [0.2, 0.25) is 0 Å². The van der Waals surface area contributed by atoms with E-state index in [1.807, 2.05) is 53.4 Å². The molecule has 0 N–H and O–H groups in total. The number of nitrogens with zero attached hydrogens (tertiary/aromatic N) is 4. The highest BCUT2D eigenvalue weighted by Crippen LogP contribution is 2.34. The minimum atomic E-state index is -0.310. The van der Waals surface area contributed by atoms with E-state index in [0.717, 1.165) is 55.9 Å². The fraction of sp³-hybridized carbons (Fsp3) is 0.333. The second kappa shape index (κ2) is 11.1. The van der Waals surface area contributed by atoms with Gasteiger partial charge >= 0.3 is 0 Å². The standard InChI is InChI=1S/C30H34N4O2/c1-24-11-13-26(14-12-24)20-31-15-17-32(18-16-31)22-30(36)34-28-10-6-5-9-27(28)19-29(34)33(23-35)21-25-7-3-2-4-8-25/h2-14,23,29H,15-22H2,1H3/t29-/m0/s1. The Hall–Kier alpha value is -3.48. The lowest BCUT2D eigenvalue weighted by molar-refractivity contribution is -0.124. The summed E-state index contributed by atoms with van der Waals surface area (Å²) in [5.41, 5.74) is 5.69. The number of fused-ring (bicyclic) bond motifs is 1. The quantitative estimate of drug-likeness (QED) is 0.460. The van der Waals surface area contributed by atoms with Crippen molar-refractivity contribution in [3.63, 3.8) is 0 Å². The average Bonchev–Trinajstić information content (AvgIpc) is 3.30. The van der Waals surface area contributed by atoms with Crippen molar-refractivity contribution < 1.29 is 9.59 Å². The molecule has 2 aliphatic heterocycles. The van der Waals surface area contributed by atoms with E-state index >= 15 is 0 Å². The number of anilines is 1. The Labute approximate surface area is 213 Å². The minimum absolute atomic E-state index is 0.0526. The molecule has 0 aliphatic carbocycles. The summed E-state index contributed by atoms with van der Waals surface area (Å²) in [6.45, 7) is 7.49. The molecule has 5 rings (SSSR count). The molecular weight excluding hydrogens is 448 g/mol. The van der Waals surface area contributed by atoms with E-state index in [2.05, 4.69) is 47.1 Å². The van der Waals surface area contributed by atoms with Crippen LogP contribution in [0.4, 0.5) is 5.69 Å². The van der Waals surface area contributed by atoms with Gasteiger partial charge in [-0.1, -0.05) is 78.4 Å². The Balaban J connectivity index is 1.24. The number of rotatable bonds is 8. The first-order valence-corrected chi connectivity index (χ1v) is 12.8. The smallest absolute Gasteiger partial charge is 0.242 e. The number of piperazine rings is 1. The van der Waals surface area contributed by atoms with Crippen molar-refractivity contribution in [1.29, 1.82) is 0 Å². The third-order valence-corrected chi connectivity index (χ3v) is 7.30. The summed E-state index contributed by atoms with van der Waals surface area (Å²) in [5.74, 6) is 0.0526. The maximum absolute atomic E-state index is 13.7. The molecule has 2 aliphatic rings. The lowest BCUT2D eigenvalue weighted by atomic mass is 10.1. The SMILES string of the molecule is Cc1ccc(CN2CCN(CC(=O)N3c4ccccc4C[C@H]3N(C=O)Cc3ccccc3)CC2)cc1. The second-order valence-electron chi connectivity index (χ2n) is 9.88. The van der Waals surface area contributed by atoms with Crippen LogP contribution in [0, 0.1) is 6.92 Å². The fourth-order valence-electron chi connectivity index (χ4n) is 5.26. The molecule has 0 radical (unpaired) electrons. The molecule has 3 aromatic carbocycles. The number of benzene rings is 3. The molecule has 0 unspecified atom stereocenters. The van der Waals surface area contributed by atoms with Crippen molar-refractivity contribution in [2.75, 3.05) is 37.6 Å². The molecule has 0 spiro atoms. The topological polar surface area (TPSA) is 47.1 Å². The summed E-state index contributed by atoms with van der Waals surface area (Å²) in [5, 5.41) is 0. The number of hydrogen-bond acceptors (Lipinski definition) is 4. The Kier molecular flexibility index (Phi) is 7.44. The van der Waals surface area contributed by atoms with Gasteiger partial charge in [0.05, 0.1) is 6.54 Å². The van der Waals surface area contributed by atoms with Crippen LogP contribution < -0.4 is 4.90 Å². The van der Waals surface area contributed by atoms with Gasteiger partial charge in [0.1, 0.15) is 6.17 Å². The van der Waals surface area contributed by atoms with Gasteiger partial charge < -0.3 is 4.90 Å². The predicted octanol–water partition coefficient (Wildman–Crippen LogP) is 3.69. The molecule has 186 valence electrons. The monoisotopic (exact) mass is 482 g/mol. The van der Waals surface area contributed by atoms with E-state index in [4.69, 9.17) is 0 Å². The highest BCUT2D eigenvalue weighted by atomic mass is 16.2. The summed E-state index contributed by atoms with van der Waals surface area (Å²) in [6.07, 6.45) is 1.22. The van der Waals surface area contributed by atoms with Gasteiger partial charge in [0.2, 0.25) is 12.3 Å². The molecule has 6 heteroatoms. The summed E-state index contributed by atoms with van der Waals surface area (Å²) < 4.78 is 0. The lowest BCUT2D eigenvalue weighted by Gasteiger charge is -2.37. The van der Waals surface area contributed by atoms with Gasteiger partial charge in [-0.3, -0.25) is 24.3 Å². The first-order valence-electron chi connectivity index (χ1n) is 12.8. The number of para-hydroxylation sites is 1. The van der Waals surface area contributed by atoms with E-state index in [1.54, 1.807) is 4.90 Å². The third-order valence-electron chi connectivity index (χ3n) is 7.30. The maximum Gasteiger partial charge on any atom is 0.242 e. The highest BCUT2D eigenvalue weighted by molar-refractivity contribution is 5.97.